The van der Waals surface area contributed by atoms with Crippen LogP contribution in [0.15, 0.2) is 10.7 Å². The van der Waals surface area contributed by atoms with Gasteiger partial charge in [0.1, 0.15) is 12.1 Å². The maximum absolute atomic E-state index is 13.8. The Morgan fingerprint density at radius 2 is 2.06 bits per heavy atom. The highest BCUT2D eigenvalue weighted by atomic mass is 16.5. The van der Waals surface area contributed by atoms with Gasteiger partial charge in [0.05, 0.1) is 18.2 Å². The molecule has 2 aliphatic carbocycles. The molecule has 2 aromatic heterocycles. The van der Waals surface area contributed by atoms with Gasteiger partial charge < -0.3 is 19.8 Å². The first-order valence-corrected chi connectivity index (χ1v) is 12.1. The molecular formula is C23H33N7O4. The number of β-amino-alcohol motifs (C(OH)–C–C–N with tert-alkyl or cyclic N) is 1. The molecule has 3 heterocycles. The van der Waals surface area contributed by atoms with Gasteiger partial charge >= 0.3 is 0 Å². The number of amides is 2. The van der Waals surface area contributed by atoms with Crippen molar-refractivity contribution in [3.05, 3.63) is 23.6 Å². The van der Waals surface area contributed by atoms with Crippen LogP contribution in [0.1, 0.15) is 82.2 Å². The van der Waals surface area contributed by atoms with Crippen molar-refractivity contribution in [1.82, 2.24) is 35.4 Å². The summed E-state index contributed by atoms with van der Waals surface area (Å²) in [6.07, 6.45) is 5.56. The Kier molecular flexibility index (Phi) is 5.50. The first kappa shape index (κ1) is 22.9. The lowest BCUT2D eigenvalue weighted by Gasteiger charge is -2.35. The quantitative estimate of drug-likeness (QED) is 0.616. The lowest BCUT2D eigenvalue weighted by Crippen LogP contribution is -2.53. The summed E-state index contributed by atoms with van der Waals surface area (Å²) in [5, 5.41) is 25.9. The summed E-state index contributed by atoms with van der Waals surface area (Å²) in [5.41, 5.74) is 0.00490. The maximum atomic E-state index is 13.8. The number of aliphatic hydroxyl groups is 1. The lowest BCUT2D eigenvalue weighted by atomic mass is 9.85. The van der Waals surface area contributed by atoms with Crippen molar-refractivity contribution < 1.29 is 19.2 Å². The van der Waals surface area contributed by atoms with Crippen molar-refractivity contribution in [2.24, 2.45) is 5.41 Å². The van der Waals surface area contributed by atoms with E-state index in [0.29, 0.717) is 24.1 Å². The van der Waals surface area contributed by atoms with E-state index in [-0.39, 0.29) is 24.8 Å². The zero-order valence-electron chi connectivity index (χ0n) is 20.2. The maximum Gasteiger partial charge on any atom is 0.248 e. The molecule has 3 atom stereocenters. The molecule has 3 aliphatic rings. The second kappa shape index (κ2) is 8.14. The normalized spacial score (nSPS) is 24.8. The van der Waals surface area contributed by atoms with Gasteiger partial charge in [-0.3, -0.25) is 9.59 Å². The van der Waals surface area contributed by atoms with Crippen LogP contribution in [0.5, 0.6) is 0 Å². The number of aromatic nitrogens is 5. The average molecular weight is 472 g/mol. The summed E-state index contributed by atoms with van der Waals surface area (Å²) in [6.45, 7) is 7.79. The summed E-state index contributed by atoms with van der Waals surface area (Å²) in [5.74, 6) is 0.977. The smallest absolute Gasteiger partial charge is 0.248 e. The Hall–Kier alpha value is -2.82. The zero-order chi connectivity index (χ0) is 24.3. The molecule has 0 radical (unpaired) electrons. The van der Waals surface area contributed by atoms with Gasteiger partial charge in [-0.05, 0) is 38.0 Å². The third-order valence-electron chi connectivity index (χ3n) is 7.01. The van der Waals surface area contributed by atoms with Crippen molar-refractivity contribution in [2.75, 3.05) is 6.54 Å². The topological polar surface area (TPSA) is 139 Å². The molecule has 34 heavy (non-hydrogen) atoms. The molecule has 5 rings (SSSR count). The minimum Gasteiger partial charge on any atom is -0.391 e. The molecule has 2 N–H and O–H groups in total. The SMILES string of the molecule is Cc1noc(CC2(NC(=O)C3CC(O)CN3C(=O)[C@@H](n3cc(C4CC4)nn3)C(C)(C)C)CC2)n1. The van der Waals surface area contributed by atoms with Crippen LogP contribution in [-0.2, 0) is 16.0 Å². The van der Waals surface area contributed by atoms with Gasteiger partial charge in [0.25, 0.3) is 0 Å². The summed E-state index contributed by atoms with van der Waals surface area (Å²) in [7, 11) is 0. The van der Waals surface area contributed by atoms with Gasteiger partial charge in [0.15, 0.2) is 5.82 Å². The van der Waals surface area contributed by atoms with Gasteiger partial charge in [-0.15, -0.1) is 5.10 Å². The molecule has 2 amide bonds. The number of likely N-dealkylation sites (tertiary alicyclic amines) is 1. The summed E-state index contributed by atoms with van der Waals surface area (Å²) in [4.78, 5) is 32.9. The first-order chi connectivity index (χ1) is 16.0. The van der Waals surface area contributed by atoms with E-state index in [9.17, 15) is 14.7 Å². The zero-order valence-corrected chi connectivity index (χ0v) is 20.2. The van der Waals surface area contributed by atoms with Crippen LogP contribution in [-0.4, -0.2) is 71.2 Å². The van der Waals surface area contributed by atoms with Crippen LogP contribution < -0.4 is 5.32 Å². The number of hydrogen-bond donors (Lipinski definition) is 2. The number of nitrogens with one attached hydrogen (secondary N) is 1. The molecule has 2 aromatic rings. The van der Waals surface area contributed by atoms with Crippen LogP contribution in [0.4, 0.5) is 0 Å². The van der Waals surface area contributed by atoms with Crippen LogP contribution in [0.3, 0.4) is 0 Å². The van der Waals surface area contributed by atoms with E-state index in [1.165, 1.54) is 4.90 Å². The molecule has 2 saturated carbocycles. The van der Waals surface area contributed by atoms with Gasteiger partial charge in [-0.2, -0.15) is 4.98 Å². The van der Waals surface area contributed by atoms with E-state index in [1.807, 2.05) is 27.0 Å². The highest BCUT2D eigenvalue weighted by Gasteiger charge is 2.50. The van der Waals surface area contributed by atoms with Crippen LogP contribution >= 0.6 is 0 Å². The molecular weight excluding hydrogens is 438 g/mol. The monoisotopic (exact) mass is 471 g/mol. The second-order valence-electron chi connectivity index (χ2n) is 11.2. The van der Waals surface area contributed by atoms with E-state index in [2.05, 4.69) is 25.8 Å². The molecule has 184 valence electrons. The summed E-state index contributed by atoms with van der Waals surface area (Å²) < 4.78 is 6.87. The van der Waals surface area contributed by atoms with Crippen molar-refractivity contribution in [3.63, 3.8) is 0 Å². The van der Waals surface area contributed by atoms with Crippen molar-refractivity contribution >= 4 is 11.8 Å². The number of carbonyl (C=O) groups excluding carboxylic acids is 2. The predicted octanol–water partition coefficient (Wildman–Crippen LogP) is 1.29. The Morgan fingerprint density at radius 3 is 2.65 bits per heavy atom. The summed E-state index contributed by atoms with van der Waals surface area (Å²) >= 11 is 0. The number of nitrogens with zero attached hydrogens (tertiary/aromatic N) is 6. The number of rotatable bonds is 7. The van der Waals surface area contributed by atoms with Crippen molar-refractivity contribution in [1.29, 1.82) is 0 Å². The largest absolute Gasteiger partial charge is 0.391 e. The third-order valence-corrected chi connectivity index (χ3v) is 7.01. The minimum atomic E-state index is -0.758. The molecule has 3 fully saturated rings. The van der Waals surface area contributed by atoms with E-state index < -0.39 is 29.1 Å². The standard InChI is InChI=1S/C23H33N7O4/c1-13-24-18(34-27-13)10-23(7-8-23)25-20(32)17-9-15(31)11-29(17)21(33)19(22(2,3)4)30-12-16(26-28-30)14-5-6-14/h12,14-15,17,19,31H,5-11H2,1-4H3,(H,25,32)/t15?,17?,19-/m1/s1. The Labute approximate surface area is 198 Å². The Morgan fingerprint density at radius 1 is 1.32 bits per heavy atom. The average Bonchev–Trinajstić information content (AvgIpc) is 3.59. The van der Waals surface area contributed by atoms with Crippen molar-refractivity contribution in [2.45, 2.75) is 95.9 Å². The van der Waals surface area contributed by atoms with Gasteiger partial charge in [-0.25, -0.2) is 4.68 Å². The van der Waals surface area contributed by atoms with Crippen LogP contribution in [0.25, 0.3) is 0 Å². The predicted molar refractivity (Wildman–Crippen MR) is 119 cm³/mol. The molecule has 1 saturated heterocycles. The van der Waals surface area contributed by atoms with Crippen LogP contribution in [0, 0.1) is 12.3 Å². The van der Waals surface area contributed by atoms with E-state index in [4.69, 9.17) is 4.52 Å². The lowest BCUT2D eigenvalue weighted by molar-refractivity contribution is -0.144. The Balaban J connectivity index is 1.33. The Bertz CT molecular complexity index is 1080. The van der Waals surface area contributed by atoms with Gasteiger partial charge in [0.2, 0.25) is 17.7 Å². The fraction of sp³-hybridized carbons (Fsp3) is 0.739. The number of carbonyl (C=O) groups is 2. The van der Waals surface area contributed by atoms with Gasteiger partial charge in [0, 0.05) is 30.6 Å². The molecule has 11 nitrogen and oxygen atoms in total. The molecule has 2 unspecified atom stereocenters. The first-order valence-electron chi connectivity index (χ1n) is 12.1. The molecule has 1 aliphatic heterocycles. The van der Waals surface area contributed by atoms with Gasteiger partial charge in [-0.1, -0.05) is 31.1 Å². The molecule has 0 bridgehead atoms. The number of aryl methyl sites for hydroxylation is 1. The number of hydrogen-bond acceptors (Lipinski definition) is 8. The van der Waals surface area contributed by atoms with E-state index in [0.717, 1.165) is 31.4 Å². The molecule has 0 spiro atoms. The molecule has 0 aromatic carbocycles. The van der Waals surface area contributed by atoms with E-state index in [1.54, 1.807) is 11.6 Å². The minimum absolute atomic E-state index is 0.115. The highest BCUT2D eigenvalue weighted by molar-refractivity contribution is 5.90. The third kappa shape index (κ3) is 4.57. The highest BCUT2D eigenvalue weighted by Crippen LogP contribution is 2.41. The van der Waals surface area contributed by atoms with Crippen LogP contribution in [0.2, 0.25) is 0 Å². The van der Waals surface area contributed by atoms with E-state index >= 15 is 0 Å². The van der Waals surface area contributed by atoms with Crippen molar-refractivity contribution in [3.8, 4) is 0 Å². The summed E-state index contributed by atoms with van der Waals surface area (Å²) in [6, 6.07) is -1.38. The number of aliphatic hydroxyl groups excluding tert-OH is 1. The fourth-order valence-electron chi connectivity index (χ4n) is 4.87. The second-order valence-corrected chi connectivity index (χ2v) is 11.2. The molecule has 11 heteroatoms. The fourth-order valence-corrected chi connectivity index (χ4v) is 4.87.